The van der Waals surface area contributed by atoms with E-state index in [1.165, 1.54) is 22.3 Å². The Morgan fingerprint density at radius 3 is 2.28 bits per heavy atom. The van der Waals surface area contributed by atoms with Gasteiger partial charge in [0.05, 0.1) is 0 Å². The average molecular weight is 259 g/mol. The summed E-state index contributed by atoms with van der Waals surface area (Å²) >= 11 is 6.15. The Kier molecular flexibility index (Phi) is 4.08. The van der Waals surface area contributed by atoms with Gasteiger partial charge >= 0.3 is 0 Å². The molecule has 0 N–H and O–H groups in total. The first-order valence-corrected chi connectivity index (χ1v) is 6.75. The summed E-state index contributed by atoms with van der Waals surface area (Å²) < 4.78 is 0. The maximum absolute atomic E-state index is 6.15. The second kappa shape index (κ2) is 5.58. The van der Waals surface area contributed by atoms with E-state index in [-0.39, 0.29) is 0 Å². The van der Waals surface area contributed by atoms with Crippen LogP contribution < -0.4 is 0 Å². The van der Waals surface area contributed by atoms with Gasteiger partial charge in [-0.2, -0.15) is 0 Å². The van der Waals surface area contributed by atoms with Gasteiger partial charge in [-0.05, 0) is 61.9 Å². The monoisotopic (exact) mass is 258 g/mol. The van der Waals surface area contributed by atoms with E-state index in [9.17, 15) is 0 Å². The maximum Gasteiger partial charge on any atom is 0.0437 e. The predicted molar refractivity (Wildman–Crippen MR) is 79.5 cm³/mol. The SMILES string of the molecule is Cc1ccc(CCc2ccc(C)c(Cl)c2)c(C)c1. The molecule has 0 aliphatic heterocycles. The van der Waals surface area contributed by atoms with E-state index in [0.29, 0.717) is 0 Å². The summed E-state index contributed by atoms with van der Waals surface area (Å²) in [6.07, 6.45) is 2.12. The minimum absolute atomic E-state index is 0.869. The van der Waals surface area contributed by atoms with Gasteiger partial charge in [0.1, 0.15) is 0 Å². The molecule has 0 bridgehead atoms. The fraction of sp³-hybridized carbons (Fsp3) is 0.294. The highest BCUT2D eigenvalue weighted by molar-refractivity contribution is 6.31. The fourth-order valence-electron chi connectivity index (χ4n) is 2.20. The van der Waals surface area contributed by atoms with Crippen LogP contribution in [0.2, 0.25) is 5.02 Å². The number of hydrogen-bond acceptors (Lipinski definition) is 0. The van der Waals surface area contributed by atoms with Crippen LogP contribution in [0.25, 0.3) is 0 Å². The van der Waals surface area contributed by atoms with Crippen LogP contribution in [0.15, 0.2) is 36.4 Å². The van der Waals surface area contributed by atoms with Crippen LogP contribution >= 0.6 is 11.6 Å². The molecule has 2 rings (SSSR count). The van der Waals surface area contributed by atoms with Gasteiger partial charge in [0.2, 0.25) is 0 Å². The van der Waals surface area contributed by atoms with Crippen molar-refractivity contribution in [3.05, 3.63) is 69.2 Å². The average Bonchev–Trinajstić information content (AvgIpc) is 2.32. The van der Waals surface area contributed by atoms with Gasteiger partial charge in [0.25, 0.3) is 0 Å². The Labute approximate surface area is 115 Å². The molecule has 0 radical (unpaired) electrons. The lowest BCUT2D eigenvalue weighted by Crippen LogP contribution is -1.95. The maximum atomic E-state index is 6.15. The second-order valence-electron chi connectivity index (χ2n) is 5.01. The first-order chi connectivity index (χ1) is 8.56. The van der Waals surface area contributed by atoms with E-state index in [4.69, 9.17) is 11.6 Å². The van der Waals surface area contributed by atoms with E-state index in [1.807, 2.05) is 6.92 Å². The lowest BCUT2D eigenvalue weighted by Gasteiger charge is -2.08. The first-order valence-electron chi connectivity index (χ1n) is 6.37. The summed E-state index contributed by atoms with van der Waals surface area (Å²) in [7, 11) is 0. The predicted octanol–water partition coefficient (Wildman–Crippen LogP) is 5.05. The number of hydrogen-bond donors (Lipinski definition) is 0. The van der Waals surface area contributed by atoms with Crippen molar-refractivity contribution in [2.24, 2.45) is 0 Å². The first kappa shape index (κ1) is 13.2. The van der Waals surface area contributed by atoms with Gasteiger partial charge in [-0.1, -0.05) is 47.5 Å². The Bertz CT molecular complexity index is 556. The van der Waals surface area contributed by atoms with Crippen molar-refractivity contribution in [1.82, 2.24) is 0 Å². The van der Waals surface area contributed by atoms with Gasteiger partial charge in [0, 0.05) is 5.02 Å². The quantitative estimate of drug-likeness (QED) is 0.723. The molecule has 0 aromatic heterocycles. The topological polar surface area (TPSA) is 0 Å². The van der Waals surface area contributed by atoms with Crippen LogP contribution in [0, 0.1) is 20.8 Å². The zero-order chi connectivity index (χ0) is 13.1. The fourth-order valence-corrected chi connectivity index (χ4v) is 2.40. The van der Waals surface area contributed by atoms with Crippen LogP contribution in [-0.4, -0.2) is 0 Å². The number of rotatable bonds is 3. The summed E-state index contributed by atoms with van der Waals surface area (Å²) in [5.74, 6) is 0. The van der Waals surface area contributed by atoms with Gasteiger partial charge in [0.15, 0.2) is 0 Å². The normalized spacial score (nSPS) is 10.7. The van der Waals surface area contributed by atoms with Gasteiger partial charge in [-0.15, -0.1) is 0 Å². The highest BCUT2D eigenvalue weighted by atomic mass is 35.5. The highest BCUT2D eigenvalue weighted by Crippen LogP contribution is 2.19. The zero-order valence-corrected chi connectivity index (χ0v) is 12.0. The van der Waals surface area contributed by atoms with E-state index in [1.54, 1.807) is 0 Å². The molecule has 2 aromatic rings. The molecule has 0 unspecified atom stereocenters. The zero-order valence-electron chi connectivity index (χ0n) is 11.3. The molecule has 0 nitrogen and oxygen atoms in total. The standard InChI is InChI=1S/C17H19Cl/c1-12-4-8-16(14(3)10-12)9-7-15-6-5-13(2)17(18)11-15/h4-6,8,10-11H,7,9H2,1-3H3. The van der Waals surface area contributed by atoms with Crippen molar-refractivity contribution >= 4 is 11.6 Å². The van der Waals surface area contributed by atoms with E-state index in [0.717, 1.165) is 23.4 Å². The largest absolute Gasteiger partial charge is 0.0840 e. The van der Waals surface area contributed by atoms with Crippen LogP contribution in [0.3, 0.4) is 0 Å². The summed E-state index contributed by atoms with van der Waals surface area (Å²) in [6, 6.07) is 13.0. The summed E-state index contributed by atoms with van der Waals surface area (Å²) in [5.41, 5.74) is 6.60. The van der Waals surface area contributed by atoms with Crippen LogP contribution in [0.5, 0.6) is 0 Å². The van der Waals surface area contributed by atoms with Crippen molar-refractivity contribution in [3.63, 3.8) is 0 Å². The third kappa shape index (κ3) is 3.14. The molecule has 0 aliphatic rings. The van der Waals surface area contributed by atoms with Gasteiger partial charge < -0.3 is 0 Å². The summed E-state index contributed by atoms with van der Waals surface area (Å²) in [5, 5.41) is 0.869. The number of aryl methyl sites for hydroxylation is 5. The molecule has 0 saturated carbocycles. The molecule has 0 aliphatic carbocycles. The van der Waals surface area contributed by atoms with E-state index >= 15 is 0 Å². The molecule has 2 aromatic carbocycles. The number of halogens is 1. The molecule has 94 valence electrons. The van der Waals surface area contributed by atoms with Crippen molar-refractivity contribution in [2.45, 2.75) is 33.6 Å². The molecule has 18 heavy (non-hydrogen) atoms. The molecule has 1 heteroatoms. The molecule has 0 saturated heterocycles. The van der Waals surface area contributed by atoms with Crippen molar-refractivity contribution in [2.75, 3.05) is 0 Å². The third-order valence-electron chi connectivity index (χ3n) is 3.42. The molecule has 0 heterocycles. The number of benzene rings is 2. The van der Waals surface area contributed by atoms with Crippen molar-refractivity contribution in [1.29, 1.82) is 0 Å². The van der Waals surface area contributed by atoms with Crippen LogP contribution in [0.1, 0.15) is 27.8 Å². The summed E-state index contributed by atoms with van der Waals surface area (Å²) in [6.45, 7) is 6.36. The molecule has 0 amide bonds. The van der Waals surface area contributed by atoms with Gasteiger partial charge in [-0.25, -0.2) is 0 Å². The van der Waals surface area contributed by atoms with Crippen molar-refractivity contribution < 1.29 is 0 Å². The van der Waals surface area contributed by atoms with Gasteiger partial charge in [-0.3, -0.25) is 0 Å². The van der Waals surface area contributed by atoms with E-state index < -0.39 is 0 Å². The lowest BCUT2D eigenvalue weighted by atomic mass is 9.98. The minimum atomic E-state index is 0.869. The Balaban J connectivity index is 2.09. The molecule has 0 spiro atoms. The Morgan fingerprint density at radius 2 is 1.61 bits per heavy atom. The smallest absolute Gasteiger partial charge is 0.0437 e. The molecule has 0 atom stereocenters. The molecular formula is C17H19Cl. The Morgan fingerprint density at radius 1 is 0.833 bits per heavy atom. The van der Waals surface area contributed by atoms with Crippen molar-refractivity contribution in [3.8, 4) is 0 Å². The highest BCUT2D eigenvalue weighted by Gasteiger charge is 2.02. The minimum Gasteiger partial charge on any atom is -0.0840 e. The molecular weight excluding hydrogens is 240 g/mol. The van der Waals surface area contributed by atoms with Crippen LogP contribution in [0.4, 0.5) is 0 Å². The van der Waals surface area contributed by atoms with E-state index in [2.05, 4.69) is 50.2 Å². The Hall–Kier alpha value is -1.27. The second-order valence-corrected chi connectivity index (χ2v) is 5.42. The van der Waals surface area contributed by atoms with Crippen LogP contribution in [-0.2, 0) is 12.8 Å². The summed E-state index contributed by atoms with van der Waals surface area (Å²) in [4.78, 5) is 0. The third-order valence-corrected chi connectivity index (χ3v) is 3.82. The molecule has 0 fully saturated rings. The lowest BCUT2D eigenvalue weighted by molar-refractivity contribution is 0.947.